The number of benzene rings is 2. The smallest absolute Gasteiger partial charge is 0.241 e. The van der Waals surface area contributed by atoms with Gasteiger partial charge in [-0.2, -0.15) is 4.98 Å². The molecule has 1 aromatic heterocycles. The van der Waals surface area contributed by atoms with Crippen molar-refractivity contribution in [3.8, 4) is 11.4 Å². The molecule has 1 N–H and O–H groups in total. The Labute approximate surface area is 187 Å². The predicted molar refractivity (Wildman–Crippen MR) is 121 cm³/mol. The SMILES string of the molecule is O=C(Nc1ccc(I)cc1)C1CCN(Cc2nc(-c3ccc(Cl)cc3)no2)CC1. The lowest BCUT2D eigenvalue weighted by molar-refractivity contribution is -0.121. The fraction of sp³-hybridized carbons (Fsp3) is 0.286. The van der Waals surface area contributed by atoms with Crippen LogP contribution in [0.1, 0.15) is 18.7 Å². The molecule has 8 heteroatoms. The van der Waals surface area contributed by atoms with Crippen LogP contribution in [-0.4, -0.2) is 34.0 Å². The topological polar surface area (TPSA) is 71.3 Å². The van der Waals surface area contributed by atoms with Crippen molar-refractivity contribution in [2.45, 2.75) is 19.4 Å². The van der Waals surface area contributed by atoms with Crippen LogP contribution in [0.25, 0.3) is 11.4 Å². The highest BCUT2D eigenvalue weighted by molar-refractivity contribution is 14.1. The fourth-order valence-corrected chi connectivity index (χ4v) is 3.84. The molecular formula is C21H20ClIN4O2. The molecule has 0 unspecified atom stereocenters. The van der Waals surface area contributed by atoms with Gasteiger partial charge in [0.25, 0.3) is 0 Å². The summed E-state index contributed by atoms with van der Waals surface area (Å²) in [5.41, 5.74) is 1.72. The molecule has 2 heterocycles. The van der Waals surface area contributed by atoms with Crippen LogP contribution >= 0.6 is 34.2 Å². The summed E-state index contributed by atoms with van der Waals surface area (Å²) in [5.74, 6) is 1.26. The number of carbonyl (C=O) groups excluding carboxylic acids is 1. The van der Waals surface area contributed by atoms with E-state index >= 15 is 0 Å². The molecule has 1 aliphatic rings. The number of nitrogens with zero attached hydrogens (tertiary/aromatic N) is 3. The molecule has 1 aliphatic heterocycles. The monoisotopic (exact) mass is 522 g/mol. The van der Waals surface area contributed by atoms with Gasteiger partial charge in [0.05, 0.1) is 6.54 Å². The minimum absolute atomic E-state index is 0.0258. The zero-order valence-electron chi connectivity index (χ0n) is 15.6. The largest absolute Gasteiger partial charge is 0.338 e. The molecule has 1 amide bonds. The maximum absolute atomic E-state index is 12.5. The highest BCUT2D eigenvalue weighted by Crippen LogP contribution is 2.23. The van der Waals surface area contributed by atoms with Gasteiger partial charge in [-0.1, -0.05) is 16.8 Å². The van der Waals surface area contributed by atoms with E-state index in [1.165, 1.54) is 0 Å². The summed E-state index contributed by atoms with van der Waals surface area (Å²) in [6, 6.07) is 15.2. The third kappa shape index (κ3) is 5.34. The summed E-state index contributed by atoms with van der Waals surface area (Å²) in [4.78, 5) is 19.2. The van der Waals surface area contributed by atoms with E-state index in [-0.39, 0.29) is 11.8 Å². The van der Waals surface area contributed by atoms with Crippen LogP contribution in [0.4, 0.5) is 5.69 Å². The van der Waals surface area contributed by atoms with Crippen molar-refractivity contribution >= 4 is 45.8 Å². The Hall–Kier alpha value is -1.97. The Morgan fingerprint density at radius 3 is 2.52 bits per heavy atom. The van der Waals surface area contributed by atoms with Crippen LogP contribution in [-0.2, 0) is 11.3 Å². The van der Waals surface area contributed by atoms with Gasteiger partial charge in [0.2, 0.25) is 17.6 Å². The number of hydrogen-bond acceptors (Lipinski definition) is 5. The first-order valence-electron chi connectivity index (χ1n) is 9.44. The summed E-state index contributed by atoms with van der Waals surface area (Å²) in [7, 11) is 0. The maximum Gasteiger partial charge on any atom is 0.241 e. The molecule has 150 valence electrons. The Morgan fingerprint density at radius 1 is 1.14 bits per heavy atom. The molecule has 4 rings (SSSR count). The van der Waals surface area contributed by atoms with E-state index in [4.69, 9.17) is 16.1 Å². The Bertz CT molecular complexity index is 967. The number of likely N-dealkylation sites (tertiary alicyclic amines) is 1. The van der Waals surface area contributed by atoms with Gasteiger partial charge in [0.1, 0.15) is 0 Å². The molecule has 0 spiro atoms. The number of anilines is 1. The first-order valence-corrected chi connectivity index (χ1v) is 10.9. The highest BCUT2D eigenvalue weighted by atomic mass is 127. The molecule has 3 aromatic rings. The molecule has 0 atom stereocenters. The van der Waals surface area contributed by atoms with Crippen molar-refractivity contribution in [3.63, 3.8) is 0 Å². The second-order valence-electron chi connectivity index (χ2n) is 7.07. The second kappa shape index (κ2) is 9.23. The van der Waals surface area contributed by atoms with Crippen LogP contribution in [0, 0.1) is 9.49 Å². The highest BCUT2D eigenvalue weighted by Gasteiger charge is 2.26. The molecular weight excluding hydrogens is 503 g/mol. The van der Waals surface area contributed by atoms with E-state index in [9.17, 15) is 4.79 Å². The van der Waals surface area contributed by atoms with Crippen LogP contribution in [0.2, 0.25) is 5.02 Å². The molecule has 1 saturated heterocycles. The van der Waals surface area contributed by atoms with E-state index in [0.29, 0.717) is 23.3 Å². The third-order valence-electron chi connectivity index (χ3n) is 5.00. The normalized spacial score (nSPS) is 15.4. The first kappa shape index (κ1) is 20.3. The lowest BCUT2D eigenvalue weighted by Crippen LogP contribution is -2.37. The van der Waals surface area contributed by atoms with Gasteiger partial charge in [-0.3, -0.25) is 9.69 Å². The average molecular weight is 523 g/mol. The van der Waals surface area contributed by atoms with Gasteiger partial charge in [-0.25, -0.2) is 0 Å². The van der Waals surface area contributed by atoms with Crippen molar-refractivity contribution in [2.24, 2.45) is 5.92 Å². The van der Waals surface area contributed by atoms with E-state index in [1.807, 2.05) is 36.4 Å². The molecule has 29 heavy (non-hydrogen) atoms. The van der Waals surface area contributed by atoms with E-state index < -0.39 is 0 Å². The number of nitrogens with one attached hydrogen (secondary N) is 1. The Kier molecular flexibility index (Phi) is 6.46. The summed E-state index contributed by atoms with van der Waals surface area (Å²) in [6.45, 7) is 2.24. The zero-order valence-corrected chi connectivity index (χ0v) is 18.6. The van der Waals surface area contributed by atoms with E-state index in [2.05, 4.69) is 42.9 Å². The van der Waals surface area contributed by atoms with Crippen molar-refractivity contribution in [2.75, 3.05) is 18.4 Å². The second-order valence-corrected chi connectivity index (χ2v) is 8.75. The number of aromatic nitrogens is 2. The van der Waals surface area contributed by atoms with Gasteiger partial charge in [0.15, 0.2) is 0 Å². The minimum atomic E-state index is 0.0258. The maximum atomic E-state index is 12.5. The molecule has 2 aromatic carbocycles. The number of piperidine rings is 1. The van der Waals surface area contributed by atoms with Gasteiger partial charge < -0.3 is 9.84 Å². The number of amides is 1. The molecule has 0 bridgehead atoms. The van der Waals surface area contributed by atoms with Crippen molar-refractivity contribution in [3.05, 3.63) is 63.0 Å². The predicted octanol–water partition coefficient (Wildman–Crippen LogP) is 4.85. The number of carbonyl (C=O) groups is 1. The number of hydrogen-bond donors (Lipinski definition) is 1. The van der Waals surface area contributed by atoms with Crippen LogP contribution in [0.5, 0.6) is 0 Å². The molecule has 6 nitrogen and oxygen atoms in total. The van der Waals surface area contributed by atoms with E-state index in [1.54, 1.807) is 12.1 Å². The van der Waals surface area contributed by atoms with Crippen LogP contribution in [0.15, 0.2) is 53.1 Å². The van der Waals surface area contributed by atoms with Gasteiger partial charge >= 0.3 is 0 Å². The molecule has 1 fully saturated rings. The Morgan fingerprint density at radius 2 is 1.83 bits per heavy atom. The third-order valence-corrected chi connectivity index (χ3v) is 5.97. The lowest BCUT2D eigenvalue weighted by Gasteiger charge is -2.30. The van der Waals surface area contributed by atoms with Gasteiger partial charge in [-0.05, 0) is 97.1 Å². The average Bonchev–Trinajstić information content (AvgIpc) is 3.19. The summed E-state index contributed by atoms with van der Waals surface area (Å²) < 4.78 is 6.55. The first-order chi connectivity index (χ1) is 14.1. The molecule has 0 saturated carbocycles. The number of rotatable bonds is 5. The van der Waals surface area contributed by atoms with Crippen LogP contribution in [0.3, 0.4) is 0 Å². The minimum Gasteiger partial charge on any atom is -0.338 e. The van der Waals surface area contributed by atoms with Crippen LogP contribution < -0.4 is 5.32 Å². The fourth-order valence-electron chi connectivity index (χ4n) is 3.36. The Balaban J connectivity index is 1.28. The zero-order chi connectivity index (χ0) is 20.2. The molecule has 0 radical (unpaired) electrons. The number of halogens is 2. The van der Waals surface area contributed by atoms with Crippen molar-refractivity contribution < 1.29 is 9.32 Å². The van der Waals surface area contributed by atoms with Crippen molar-refractivity contribution in [1.29, 1.82) is 0 Å². The van der Waals surface area contributed by atoms with Crippen molar-refractivity contribution in [1.82, 2.24) is 15.0 Å². The lowest BCUT2D eigenvalue weighted by atomic mass is 9.96. The van der Waals surface area contributed by atoms with E-state index in [0.717, 1.165) is 40.8 Å². The molecule has 0 aliphatic carbocycles. The summed E-state index contributed by atoms with van der Waals surface area (Å²) >= 11 is 8.17. The van der Waals surface area contributed by atoms with Gasteiger partial charge in [0, 0.05) is 25.8 Å². The van der Waals surface area contributed by atoms with Gasteiger partial charge in [-0.15, -0.1) is 0 Å². The quantitative estimate of drug-likeness (QED) is 0.485. The summed E-state index contributed by atoms with van der Waals surface area (Å²) in [6.07, 6.45) is 1.63. The summed E-state index contributed by atoms with van der Waals surface area (Å²) in [5, 5.41) is 7.75. The standard InChI is InChI=1S/C21H20ClIN4O2/c22-16-3-1-14(2-4-16)20-25-19(29-26-20)13-27-11-9-15(10-12-27)21(28)24-18-7-5-17(23)6-8-18/h1-8,15H,9-13H2,(H,24,28).